The molecule has 0 atom stereocenters. The molecule has 1 aliphatic heterocycles. The maximum absolute atomic E-state index is 12.3. The zero-order valence-corrected chi connectivity index (χ0v) is 16.5. The quantitative estimate of drug-likeness (QED) is 0.410. The molecule has 3 rings (SSSR count). The van der Waals surface area contributed by atoms with Crippen LogP contribution in [-0.2, 0) is 23.8 Å². The highest BCUT2D eigenvalue weighted by atomic mass is 16.7. The van der Waals surface area contributed by atoms with Crippen molar-refractivity contribution in [1.82, 2.24) is 0 Å². The lowest BCUT2D eigenvalue weighted by Crippen LogP contribution is -2.44. The van der Waals surface area contributed by atoms with Gasteiger partial charge in [0.15, 0.2) is 0 Å². The number of esters is 3. The topological polar surface area (TPSA) is 92.0 Å². The fourth-order valence-corrected chi connectivity index (χ4v) is 2.94. The standard InChI is InChI=1S/C22H22O7/c1-4-5-12-22(2)28-20(24)17(21(25)29-22)13-16-10-11-18(27-16)14-6-8-15(9-7-14)19(23)26-3/h6-11,13H,4-5,12H2,1-3H3. The van der Waals surface area contributed by atoms with Crippen molar-refractivity contribution < 1.29 is 33.0 Å². The number of unbranched alkanes of at least 4 members (excludes halogenated alkanes) is 1. The second-order valence-electron chi connectivity index (χ2n) is 6.85. The molecule has 7 heteroatoms. The molecule has 0 amide bonds. The first-order chi connectivity index (χ1) is 13.8. The van der Waals surface area contributed by atoms with E-state index in [1.165, 1.54) is 13.2 Å². The van der Waals surface area contributed by atoms with Crippen LogP contribution in [0.2, 0.25) is 0 Å². The van der Waals surface area contributed by atoms with E-state index in [0.29, 0.717) is 23.5 Å². The highest BCUT2D eigenvalue weighted by molar-refractivity contribution is 6.18. The van der Waals surface area contributed by atoms with Crippen molar-refractivity contribution in [3.8, 4) is 11.3 Å². The average Bonchev–Trinajstić information content (AvgIpc) is 3.17. The summed E-state index contributed by atoms with van der Waals surface area (Å²) < 4.78 is 21.0. The molecule has 0 saturated carbocycles. The predicted octanol–water partition coefficient (Wildman–Crippen LogP) is 4.12. The number of benzene rings is 1. The van der Waals surface area contributed by atoms with Crippen LogP contribution >= 0.6 is 0 Å². The van der Waals surface area contributed by atoms with Crippen LogP contribution in [0.15, 0.2) is 46.4 Å². The number of hydrogen-bond donors (Lipinski definition) is 0. The van der Waals surface area contributed by atoms with E-state index in [-0.39, 0.29) is 5.57 Å². The highest BCUT2D eigenvalue weighted by Gasteiger charge is 2.42. The summed E-state index contributed by atoms with van der Waals surface area (Å²) in [5.41, 5.74) is 0.924. The predicted molar refractivity (Wildman–Crippen MR) is 104 cm³/mol. The first kappa shape index (κ1) is 20.4. The molecule has 0 bridgehead atoms. The first-order valence-corrected chi connectivity index (χ1v) is 9.32. The summed E-state index contributed by atoms with van der Waals surface area (Å²) in [5.74, 6) is -2.32. The van der Waals surface area contributed by atoms with Crippen molar-refractivity contribution in [1.29, 1.82) is 0 Å². The van der Waals surface area contributed by atoms with Gasteiger partial charge in [-0.3, -0.25) is 0 Å². The Kier molecular flexibility index (Phi) is 5.87. The van der Waals surface area contributed by atoms with Gasteiger partial charge in [-0.2, -0.15) is 0 Å². The minimum absolute atomic E-state index is 0.221. The third kappa shape index (κ3) is 4.56. The van der Waals surface area contributed by atoms with E-state index in [1.54, 1.807) is 43.3 Å². The van der Waals surface area contributed by atoms with Gasteiger partial charge >= 0.3 is 17.9 Å². The molecule has 0 N–H and O–H groups in total. The Hall–Kier alpha value is -3.35. The van der Waals surface area contributed by atoms with Gasteiger partial charge in [-0.05, 0) is 30.7 Å². The van der Waals surface area contributed by atoms with Gasteiger partial charge in [0, 0.05) is 25.0 Å². The Balaban J connectivity index is 1.77. The number of carbonyl (C=O) groups is 3. The van der Waals surface area contributed by atoms with Crippen LogP contribution < -0.4 is 0 Å². The van der Waals surface area contributed by atoms with Crippen molar-refractivity contribution in [2.24, 2.45) is 0 Å². The third-order valence-electron chi connectivity index (χ3n) is 4.55. The van der Waals surface area contributed by atoms with Crippen LogP contribution in [0.4, 0.5) is 0 Å². The van der Waals surface area contributed by atoms with Crippen LogP contribution in [0.3, 0.4) is 0 Å². The molecule has 29 heavy (non-hydrogen) atoms. The van der Waals surface area contributed by atoms with Crippen molar-refractivity contribution >= 4 is 24.0 Å². The van der Waals surface area contributed by atoms with E-state index in [1.807, 2.05) is 6.92 Å². The number of rotatable bonds is 6. The molecule has 1 aromatic heterocycles. The lowest BCUT2D eigenvalue weighted by Gasteiger charge is -2.33. The lowest BCUT2D eigenvalue weighted by molar-refractivity contribution is -0.230. The molecule has 0 unspecified atom stereocenters. The van der Waals surface area contributed by atoms with Gasteiger partial charge in [0.05, 0.1) is 12.7 Å². The van der Waals surface area contributed by atoms with Crippen LogP contribution in [0.25, 0.3) is 17.4 Å². The van der Waals surface area contributed by atoms with Gasteiger partial charge in [0.2, 0.25) is 0 Å². The molecule has 1 aliphatic rings. The second-order valence-corrected chi connectivity index (χ2v) is 6.85. The van der Waals surface area contributed by atoms with Crippen molar-refractivity contribution in [3.05, 3.63) is 53.3 Å². The third-order valence-corrected chi connectivity index (χ3v) is 4.55. The Bertz CT molecular complexity index is 930. The summed E-state index contributed by atoms with van der Waals surface area (Å²) >= 11 is 0. The molecule has 0 radical (unpaired) electrons. The average molecular weight is 398 g/mol. The second kappa shape index (κ2) is 8.34. The SMILES string of the molecule is CCCCC1(C)OC(=O)C(=Cc2ccc(-c3ccc(C(=O)OC)cc3)o2)C(=O)O1. The molecule has 1 saturated heterocycles. The number of furan rings is 1. The smallest absolute Gasteiger partial charge is 0.348 e. The largest absolute Gasteiger partial charge is 0.465 e. The van der Waals surface area contributed by atoms with Crippen LogP contribution in [0, 0.1) is 0 Å². The minimum Gasteiger partial charge on any atom is -0.465 e. The maximum atomic E-state index is 12.3. The molecule has 1 aromatic carbocycles. The summed E-state index contributed by atoms with van der Waals surface area (Å²) in [5, 5.41) is 0. The molecule has 0 aliphatic carbocycles. The summed E-state index contributed by atoms with van der Waals surface area (Å²) in [6.45, 7) is 3.58. The summed E-state index contributed by atoms with van der Waals surface area (Å²) in [7, 11) is 1.32. The molecular formula is C22H22O7. The Morgan fingerprint density at radius 2 is 1.72 bits per heavy atom. The zero-order chi connectivity index (χ0) is 21.0. The van der Waals surface area contributed by atoms with Crippen molar-refractivity contribution in [3.63, 3.8) is 0 Å². The molecule has 152 valence electrons. The molecule has 1 fully saturated rings. The van der Waals surface area contributed by atoms with Crippen LogP contribution in [0.1, 0.15) is 49.2 Å². The number of ether oxygens (including phenoxy) is 3. The van der Waals surface area contributed by atoms with Crippen molar-refractivity contribution in [2.75, 3.05) is 7.11 Å². The highest BCUT2D eigenvalue weighted by Crippen LogP contribution is 2.30. The van der Waals surface area contributed by atoms with E-state index in [4.69, 9.17) is 13.9 Å². The van der Waals surface area contributed by atoms with Crippen LogP contribution in [-0.4, -0.2) is 30.8 Å². The van der Waals surface area contributed by atoms with E-state index in [9.17, 15) is 14.4 Å². The zero-order valence-electron chi connectivity index (χ0n) is 16.5. The summed E-state index contributed by atoms with van der Waals surface area (Å²) in [6, 6.07) is 9.99. The summed E-state index contributed by atoms with van der Waals surface area (Å²) in [4.78, 5) is 36.1. The lowest BCUT2D eigenvalue weighted by atomic mass is 10.1. The maximum Gasteiger partial charge on any atom is 0.348 e. The van der Waals surface area contributed by atoms with Gasteiger partial charge in [-0.1, -0.05) is 25.5 Å². The Labute approximate surface area is 168 Å². The van der Waals surface area contributed by atoms with Gasteiger partial charge in [0.25, 0.3) is 5.79 Å². The Morgan fingerprint density at radius 3 is 2.31 bits per heavy atom. The molecule has 2 aromatic rings. The van der Waals surface area contributed by atoms with E-state index < -0.39 is 23.7 Å². The molecule has 2 heterocycles. The fourth-order valence-electron chi connectivity index (χ4n) is 2.94. The molecule has 7 nitrogen and oxygen atoms in total. The summed E-state index contributed by atoms with van der Waals surface area (Å²) in [6.07, 6.45) is 3.41. The minimum atomic E-state index is -1.24. The van der Waals surface area contributed by atoms with Crippen molar-refractivity contribution in [2.45, 2.75) is 38.9 Å². The van der Waals surface area contributed by atoms with Gasteiger partial charge in [0.1, 0.15) is 17.1 Å². The normalized spacial score (nSPS) is 18.8. The van der Waals surface area contributed by atoms with Gasteiger partial charge in [-0.25, -0.2) is 14.4 Å². The first-order valence-electron chi connectivity index (χ1n) is 9.32. The number of carbonyl (C=O) groups excluding carboxylic acids is 3. The van der Waals surface area contributed by atoms with E-state index >= 15 is 0 Å². The van der Waals surface area contributed by atoms with Gasteiger partial charge in [-0.15, -0.1) is 0 Å². The molecular weight excluding hydrogens is 376 g/mol. The Morgan fingerprint density at radius 1 is 1.07 bits per heavy atom. The fraction of sp³-hybridized carbons (Fsp3) is 0.318. The van der Waals surface area contributed by atoms with Gasteiger partial charge < -0.3 is 18.6 Å². The monoisotopic (exact) mass is 398 g/mol. The number of cyclic esters (lactones) is 2. The molecule has 0 spiro atoms. The number of methoxy groups -OCH3 is 1. The van der Waals surface area contributed by atoms with E-state index in [2.05, 4.69) is 4.74 Å². The number of hydrogen-bond acceptors (Lipinski definition) is 7. The van der Waals surface area contributed by atoms with E-state index in [0.717, 1.165) is 18.4 Å². The van der Waals surface area contributed by atoms with Crippen LogP contribution in [0.5, 0.6) is 0 Å².